The number of halogens is 1. The molecule has 0 aliphatic heterocycles. The summed E-state index contributed by atoms with van der Waals surface area (Å²) < 4.78 is 0. The molecule has 1 unspecified atom stereocenters. The molecule has 0 amide bonds. The van der Waals surface area contributed by atoms with Crippen molar-refractivity contribution >= 4 is 27.3 Å². The van der Waals surface area contributed by atoms with Crippen LogP contribution in [0.15, 0.2) is 12.1 Å². The second kappa shape index (κ2) is 3.97. The van der Waals surface area contributed by atoms with Crippen LogP contribution in [0.1, 0.15) is 36.4 Å². The van der Waals surface area contributed by atoms with Gasteiger partial charge < -0.3 is 0 Å². The van der Waals surface area contributed by atoms with E-state index in [1.807, 2.05) is 11.3 Å². The molecule has 1 aromatic heterocycles. The normalized spacial score (nSPS) is 20.8. The highest BCUT2D eigenvalue weighted by Gasteiger charge is 2.46. The smallest absolute Gasteiger partial charge is 0.0177 e. The molecule has 0 radical (unpaired) electrons. The number of hydrogen-bond donors (Lipinski definition) is 0. The summed E-state index contributed by atoms with van der Waals surface area (Å²) in [6.45, 7) is 4.52. The lowest BCUT2D eigenvalue weighted by atomic mass is 9.98. The van der Waals surface area contributed by atoms with Gasteiger partial charge >= 0.3 is 0 Å². The van der Waals surface area contributed by atoms with E-state index in [0.717, 1.165) is 0 Å². The number of thiophene rings is 1. The van der Waals surface area contributed by atoms with Gasteiger partial charge in [0.25, 0.3) is 0 Å². The first-order valence-electron chi connectivity index (χ1n) is 5.38. The molecule has 1 fully saturated rings. The van der Waals surface area contributed by atoms with Crippen LogP contribution < -0.4 is 0 Å². The zero-order chi connectivity index (χ0) is 10.2. The predicted molar refractivity (Wildman–Crippen MR) is 67.5 cm³/mol. The fraction of sp³-hybridized carbons (Fsp3) is 0.667. The first-order valence-corrected chi connectivity index (χ1v) is 7.11. The number of alkyl halides is 1. The molecular weight excluding hydrogens is 256 g/mol. The van der Waals surface area contributed by atoms with Gasteiger partial charge in [-0.3, -0.25) is 0 Å². The second-order valence-corrected chi connectivity index (χ2v) is 7.00. The maximum absolute atomic E-state index is 3.74. The van der Waals surface area contributed by atoms with E-state index in [1.165, 1.54) is 30.6 Å². The van der Waals surface area contributed by atoms with Crippen LogP contribution in [0.3, 0.4) is 0 Å². The zero-order valence-corrected chi connectivity index (χ0v) is 11.2. The summed E-state index contributed by atoms with van der Waals surface area (Å²) in [6, 6.07) is 4.61. The fourth-order valence-electron chi connectivity index (χ4n) is 1.93. The van der Waals surface area contributed by atoms with Crippen LogP contribution in [-0.4, -0.2) is 4.83 Å². The lowest BCUT2D eigenvalue weighted by Crippen LogP contribution is -2.14. The van der Waals surface area contributed by atoms with Crippen molar-refractivity contribution in [1.29, 1.82) is 0 Å². The molecule has 2 rings (SSSR count). The molecule has 1 saturated carbocycles. The molecule has 0 aromatic carbocycles. The van der Waals surface area contributed by atoms with Gasteiger partial charge in [0.15, 0.2) is 0 Å². The Labute approximate surface area is 98.9 Å². The third-order valence-corrected chi connectivity index (χ3v) is 5.53. The Morgan fingerprint density at radius 1 is 1.43 bits per heavy atom. The standard InChI is InChI=1S/C12H17BrS/c1-3-10-4-5-11(14-10)8-12(6-7-12)9(2)13/h4-5,9H,3,6-8H2,1-2H3. The molecular formula is C12H17BrS. The lowest BCUT2D eigenvalue weighted by Gasteiger charge is -2.16. The summed E-state index contributed by atoms with van der Waals surface area (Å²) in [6.07, 6.45) is 5.27. The molecule has 2 heteroatoms. The first kappa shape index (κ1) is 10.7. The van der Waals surface area contributed by atoms with Gasteiger partial charge in [0.2, 0.25) is 0 Å². The summed E-state index contributed by atoms with van der Waals surface area (Å²) in [5, 5.41) is 0. The van der Waals surface area contributed by atoms with E-state index in [2.05, 4.69) is 41.9 Å². The number of aryl methyl sites for hydroxylation is 1. The van der Waals surface area contributed by atoms with Crippen LogP contribution in [0.25, 0.3) is 0 Å². The van der Waals surface area contributed by atoms with E-state index in [-0.39, 0.29) is 0 Å². The summed E-state index contributed by atoms with van der Waals surface area (Å²) >= 11 is 5.74. The van der Waals surface area contributed by atoms with Gasteiger partial charge in [-0.15, -0.1) is 11.3 Å². The van der Waals surface area contributed by atoms with Crippen LogP contribution in [0.4, 0.5) is 0 Å². The van der Waals surface area contributed by atoms with Gasteiger partial charge in [-0.1, -0.05) is 29.8 Å². The number of rotatable bonds is 4. The van der Waals surface area contributed by atoms with E-state index in [4.69, 9.17) is 0 Å². The molecule has 1 aliphatic rings. The molecule has 0 saturated heterocycles. The van der Waals surface area contributed by atoms with Crippen LogP contribution in [0.2, 0.25) is 0 Å². The highest BCUT2D eigenvalue weighted by molar-refractivity contribution is 9.09. The van der Waals surface area contributed by atoms with Crippen molar-refractivity contribution < 1.29 is 0 Å². The van der Waals surface area contributed by atoms with Crippen molar-refractivity contribution in [2.75, 3.05) is 0 Å². The van der Waals surface area contributed by atoms with Crippen molar-refractivity contribution in [3.8, 4) is 0 Å². The van der Waals surface area contributed by atoms with Crippen molar-refractivity contribution in [1.82, 2.24) is 0 Å². The molecule has 1 aromatic rings. The van der Waals surface area contributed by atoms with Crippen molar-refractivity contribution in [2.24, 2.45) is 5.41 Å². The third kappa shape index (κ3) is 2.06. The fourth-order valence-corrected chi connectivity index (χ4v) is 3.66. The Morgan fingerprint density at radius 2 is 2.07 bits per heavy atom. The Bertz CT molecular complexity index is 310. The van der Waals surface area contributed by atoms with Gasteiger partial charge in [0.05, 0.1) is 0 Å². The topological polar surface area (TPSA) is 0 Å². The van der Waals surface area contributed by atoms with Crippen molar-refractivity contribution in [3.63, 3.8) is 0 Å². The minimum Gasteiger partial charge on any atom is -0.145 e. The molecule has 0 nitrogen and oxygen atoms in total. The maximum atomic E-state index is 3.74. The third-order valence-electron chi connectivity index (χ3n) is 3.33. The molecule has 0 N–H and O–H groups in total. The van der Waals surface area contributed by atoms with Crippen LogP contribution in [0, 0.1) is 5.41 Å². The van der Waals surface area contributed by atoms with E-state index >= 15 is 0 Å². The summed E-state index contributed by atoms with van der Waals surface area (Å²) in [7, 11) is 0. The SMILES string of the molecule is CCc1ccc(CC2(C(C)Br)CC2)s1. The molecule has 1 aliphatic carbocycles. The Morgan fingerprint density at radius 3 is 2.50 bits per heavy atom. The van der Waals surface area contributed by atoms with Crippen LogP contribution >= 0.6 is 27.3 Å². The molecule has 1 heterocycles. The Hall–Kier alpha value is 0.180. The minimum absolute atomic E-state index is 0.593. The highest BCUT2D eigenvalue weighted by Crippen LogP contribution is 2.54. The highest BCUT2D eigenvalue weighted by atomic mass is 79.9. The minimum atomic E-state index is 0.593. The monoisotopic (exact) mass is 272 g/mol. The largest absolute Gasteiger partial charge is 0.145 e. The zero-order valence-electron chi connectivity index (χ0n) is 8.85. The van der Waals surface area contributed by atoms with Crippen molar-refractivity contribution in [3.05, 3.63) is 21.9 Å². The van der Waals surface area contributed by atoms with Crippen molar-refractivity contribution in [2.45, 2.75) is 44.4 Å². The second-order valence-electron chi connectivity index (χ2n) is 4.38. The van der Waals surface area contributed by atoms with Gasteiger partial charge in [-0.05, 0) is 43.2 Å². The van der Waals surface area contributed by atoms with E-state index in [1.54, 1.807) is 4.88 Å². The summed E-state index contributed by atoms with van der Waals surface area (Å²) in [5.41, 5.74) is 0.593. The quantitative estimate of drug-likeness (QED) is 0.712. The van der Waals surface area contributed by atoms with Gasteiger partial charge in [-0.2, -0.15) is 0 Å². The molecule has 14 heavy (non-hydrogen) atoms. The maximum Gasteiger partial charge on any atom is 0.0177 e. The van der Waals surface area contributed by atoms with Crippen LogP contribution in [-0.2, 0) is 12.8 Å². The van der Waals surface area contributed by atoms with E-state index < -0.39 is 0 Å². The molecule has 78 valence electrons. The van der Waals surface area contributed by atoms with Crippen LogP contribution in [0.5, 0.6) is 0 Å². The first-order chi connectivity index (χ1) is 6.66. The molecule has 1 atom stereocenters. The van der Waals surface area contributed by atoms with E-state index in [0.29, 0.717) is 10.2 Å². The average molecular weight is 273 g/mol. The molecule has 0 spiro atoms. The van der Waals surface area contributed by atoms with E-state index in [9.17, 15) is 0 Å². The number of hydrogen-bond acceptors (Lipinski definition) is 1. The average Bonchev–Trinajstić information content (AvgIpc) is 2.78. The van der Waals surface area contributed by atoms with Gasteiger partial charge in [-0.25, -0.2) is 0 Å². The van der Waals surface area contributed by atoms with Gasteiger partial charge in [0.1, 0.15) is 0 Å². The lowest BCUT2D eigenvalue weighted by molar-refractivity contribution is 0.513. The molecule has 0 bridgehead atoms. The summed E-state index contributed by atoms with van der Waals surface area (Å²) in [5.74, 6) is 0. The Balaban J connectivity index is 2.04. The summed E-state index contributed by atoms with van der Waals surface area (Å²) in [4.78, 5) is 3.77. The van der Waals surface area contributed by atoms with Gasteiger partial charge in [0, 0.05) is 14.6 Å². The predicted octanol–water partition coefficient (Wildman–Crippen LogP) is 4.42. The Kier molecular flexibility index (Phi) is 3.03.